The first-order chi connectivity index (χ1) is 12.0. The highest BCUT2D eigenvalue weighted by Gasteiger charge is 2.05. The highest BCUT2D eigenvalue weighted by Crippen LogP contribution is 2.19. The molecule has 1 aromatic carbocycles. The predicted octanol–water partition coefficient (Wildman–Crippen LogP) is 3.89. The fourth-order valence-electron chi connectivity index (χ4n) is 1.99. The maximum Gasteiger partial charge on any atom is 0.203 e. The minimum Gasteiger partial charge on any atom is -0.393 e. The molecule has 25 heavy (non-hydrogen) atoms. The molecule has 0 aliphatic rings. The first-order valence-electron chi connectivity index (χ1n) is 8.75. The number of nitriles is 1. The van der Waals surface area contributed by atoms with E-state index >= 15 is 0 Å². The van der Waals surface area contributed by atoms with E-state index in [-0.39, 0.29) is 6.10 Å². The molecule has 6 heteroatoms. The SMILES string of the molecule is CC(O)CCN=c1sc(-c2ccc(C#N)cc2)nn1C.CCCCC. The van der Waals surface area contributed by atoms with Gasteiger partial charge in [-0.05, 0) is 25.5 Å². The van der Waals surface area contributed by atoms with Gasteiger partial charge in [0.25, 0.3) is 0 Å². The lowest BCUT2D eigenvalue weighted by Gasteiger charge is -1.97. The second kappa shape index (κ2) is 11.6. The van der Waals surface area contributed by atoms with Gasteiger partial charge in [-0.25, -0.2) is 4.68 Å². The van der Waals surface area contributed by atoms with Crippen LogP contribution in [0.2, 0.25) is 0 Å². The molecular formula is C19H28N4OS. The van der Waals surface area contributed by atoms with Crippen molar-refractivity contribution < 1.29 is 5.11 Å². The van der Waals surface area contributed by atoms with Gasteiger partial charge < -0.3 is 5.11 Å². The van der Waals surface area contributed by atoms with E-state index in [2.05, 4.69) is 30.0 Å². The molecule has 0 saturated heterocycles. The van der Waals surface area contributed by atoms with E-state index < -0.39 is 0 Å². The Morgan fingerprint density at radius 3 is 2.40 bits per heavy atom. The van der Waals surface area contributed by atoms with Crippen molar-refractivity contribution in [2.24, 2.45) is 12.0 Å². The molecule has 0 bridgehead atoms. The number of aromatic nitrogens is 2. The highest BCUT2D eigenvalue weighted by molar-refractivity contribution is 7.12. The molecule has 2 rings (SSSR count). The molecule has 1 aromatic heterocycles. The van der Waals surface area contributed by atoms with Gasteiger partial charge in [-0.15, -0.1) is 0 Å². The van der Waals surface area contributed by atoms with E-state index in [4.69, 9.17) is 5.26 Å². The van der Waals surface area contributed by atoms with E-state index in [9.17, 15) is 5.11 Å². The largest absolute Gasteiger partial charge is 0.393 e. The number of nitrogens with zero attached hydrogens (tertiary/aromatic N) is 4. The molecule has 0 amide bonds. The molecule has 0 aliphatic heterocycles. The second-order valence-corrected chi connectivity index (χ2v) is 6.83. The summed E-state index contributed by atoms with van der Waals surface area (Å²) in [7, 11) is 1.85. The standard InChI is InChI=1S/C14H16N4OS.C5H12/c1-10(19)7-8-16-14-18(2)17-13(20-14)12-5-3-11(9-15)4-6-12;1-3-5-4-2/h3-6,10,19H,7-8H2,1-2H3;3-5H2,1-2H3. The number of rotatable bonds is 6. The molecule has 0 fully saturated rings. The Hall–Kier alpha value is -1.97. The molecule has 1 unspecified atom stereocenters. The molecule has 5 nitrogen and oxygen atoms in total. The van der Waals surface area contributed by atoms with Crippen molar-refractivity contribution in [3.05, 3.63) is 34.6 Å². The van der Waals surface area contributed by atoms with Gasteiger partial charge in [0.2, 0.25) is 4.80 Å². The third-order valence-corrected chi connectivity index (χ3v) is 4.55. The fourth-order valence-corrected chi connectivity index (χ4v) is 2.91. The Morgan fingerprint density at radius 2 is 1.92 bits per heavy atom. The van der Waals surface area contributed by atoms with E-state index in [1.165, 1.54) is 30.6 Å². The van der Waals surface area contributed by atoms with Crippen molar-refractivity contribution in [1.29, 1.82) is 5.26 Å². The van der Waals surface area contributed by atoms with E-state index in [0.717, 1.165) is 15.4 Å². The lowest BCUT2D eigenvalue weighted by molar-refractivity contribution is 0.187. The van der Waals surface area contributed by atoms with Crippen molar-refractivity contribution in [3.8, 4) is 16.6 Å². The first kappa shape index (κ1) is 21.1. The van der Waals surface area contributed by atoms with Gasteiger partial charge in [0.05, 0.1) is 17.7 Å². The van der Waals surface area contributed by atoms with Crippen molar-refractivity contribution in [1.82, 2.24) is 9.78 Å². The number of aryl methyl sites for hydroxylation is 1. The predicted molar refractivity (Wildman–Crippen MR) is 103 cm³/mol. The van der Waals surface area contributed by atoms with Crippen LogP contribution in [-0.4, -0.2) is 27.5 Å². The molecular weight excluding hydrogens is 332 g/mol. The number of hydrogen-bond acceptors (Lipinski definition) is 5. The molecule has 0 aliphatic carbocycles. The third kappa shape index (κ3) is 7.63. The quantitative estimate of drug-likeness (QED) is 0.849. The van der Waals surface area contributed by atoms with Crippen molar-refractivity contribution in [3.63, 3.8) is 0 Å². The number of benzene rings is 1. The van der Waals surface area contributed by atoms with Gasteiger partial charge in [0.15, 0.2) is 0 Å². The highest BCUT2D eigenvalue weighted by atomic mass is 32.1. The third-order valence-electron chi connectivity index (χ3n) is 3.47. The topological polar surface area (TPSA) is 74.2 Å². The van der Waals surface area contributed by atoms with E-state index in [1.54, 1.807) is 23.7 Å². The van der Waals surface area contributed by atoms with Crippen LogP contribution in [0.5, 0.6) is 0 Å². The zero-order chi connectivity index (χ0) is 18.7. The summed E-state index contributed by atoms with van der Waals surface area (Å²) in [5, 5.41) is 23.3. The van der Waals surface area contributed by atoms with Gasteiger partial charge in [-0.3, -0.25) is 4.99 Å². The van der Waals surface area contributed by atoms with Crippen LogP contribution in [0.1, 0.15) is 52.0 Å². The molecule has 136 valence electrons. The molecule has 2 aromatic rings. The van der Waals surface area contributed by atoms with Crippen LogP contribution in [0.3, 0.4) is 0 Å². The molecule has 0 spiro atoms. The van der Waals surface area contributed by atoms with Crippen LogP contribution in [0.25, 0.3) is 10.6 Å². The van der Waals surface area contributed by atoms with Gasteiger partial charge in [0, 0.05) is 19.2 Å². The summed E-state index contributed by atoms with van der Waals surface area (Å²) >= 11 is 1.50. The van der Waals surface area contributed by atoms with Gasteiger partial charge in [0.1, 0.15) is 5.01 Å². The monoisotopic (exact) mass is 360 g/mol. The summed E-state index contributed by atoms with van der Waals surface area (Å²) in [4.78, 5) is 5.26. The van der Waals surface area contributed by atoms with Crippen LogP contribution < -0.4 is 4.80 Å². The molecule has 1 N–H and O–H groups in total. The van der Waals surface area contributed by atoms with E-state index in [0.29, 0.717) is 18.5 Å². The zero-order valence-corrected chi connectivity index (χ0v) is 16.4. The lowest BCUT2D eigenvalue weighted by Crippen LogP contribution is -2.13. The van der Waals surface area contributed by atoms with Crippen LogP contribution in [0.15, 0.2) is 29.3 Å². The van der Waals surface area contributed by atoms with Crippen molar-refractivity contribution >= 4 is 11.3 Å². The molecule has 0 radical (unpaired) electrons. The van der Waals surface area contributed by atoms with Crippen LogP contribution >= 0.6 is 11.3 Å². The molecule has 1 heterocycles. The smallest absolute Gasteiger partial charge is 0.203 e. The average Bonchev–Trinajstić information content (AvgIpc) is 2.97. The summed E-state index contributed by atoms with van der Waals surface area (Å²) in [5.74, 6) is 0. The fraction of sp³-hybridized carbons (Fsp3) is 0.526. The number of unbranched alkanes of at least 4 members (excludes halogenated alkanes) is 2. The maximum absolute atomic E-state index is 9.23. The van der Waals surface area contributed by atoms with Gasteiger partial charge >= 0.3 is 0 Å². The molecule has 0 saturated carbocycles. The Morgan fingerprint density at radius 1 is 1.28 bits per heavy atom. The summed E-state index contributed by atoms with van der Waals surface area (Å²) in [6.07, 6.45) is 4.38. The van der Waals surface area contributed by atoms with Crippen LogP contribution in [0.4, 0.5) is 0 Å². The summed E-state index contributed by atoms with van der Waals surface area (Å²) < 4.78 is 1.74. The maximum atomic E-state index is 9.23. The number of aliphatic hydroxyl groups excluding tert-OH is 1. The molecule has 1 atom stereocenters. The zero-order valence-electron chi connectivity index (χ0n) is 15.6. The van der Waals surface area contributed by atoms with Gasteiger partial charge in [-0.2, -0.15) is 10.4 Å². The summed E-state index contributed by atoms with van der Waals surface area (Å²) in [6.45, 7) is 6.76. The number of hydrogen-bond donors (Lipinski definition) is 1. The minimum atomic E-state index is -0.338. The van der Waals surface area contributed by atoms with Crippen LogP contribution in [0, 0.1) is 11.3 Å². The van der Waals surface area contributed by atoms with Crippen molar-refractivity contribution in [2.45, 2.75) is 52.6 Å². The lowest BCUT2D eigenvalue weighted by atomic mass is 10.2. The van der Waals surface area contributed by atoms with Crippen LogP contribution in [-0.2, 0) is 7.05 Å². The Kier molecular flexibility index (Phi) is 9.75. The minimum absolute atomic E-state index is 0.338. The number of aliphatic hydroxyl groups is 1. The van der Waals surface area contributed by atoms with Crippen molar-refractivity contribution in [2.75, 3.05) is 6.54 Å². The first-order valence-corrected chi connectivity index (χ1v) is 9.56. The summed E-state index contributed by atoms with van der Waals surface area (Å²) in [6, 6.07) is 9.43. The summed E-state index contributed by atoms with van der Waals surface area (Å²) in [5.41, 5.74) is 1.61. The Bertz CT molecular complexity index is 721. The van der Waals surface area contributed by atoms with E-state index in [1.807, 2.05) is 19.2 Å². The average molecular weight is 361 g/mol. The second-order valence-electron chi connectivity index (χ2n) is 5.88. The normalized spacial score (nSPS) is 12.2. The Labute approximate surface area is 154 Å². The Balaban J connectivity index is 0.000000550. The van der Waals surface area contributed by atoms with Gasteiger partial charge in [-0.1, -0.05) is 56.6 Å².